The van der Waals surface area contributed by atoms with E-state index in [0.717, 1.165) is 27.5 Å². The van der Waals surface area contributed by atoms with Gasteiger partial charge in [-0.2, -0.15) is 0 Å². The number of nitrogen functional groups attached to an aromatic ring is 1. The Labute approximate surface area is 132 Å². The highest BCUT2D eigenvalue weighted by molar-refractivity contribution is 7.06. The van der Waals surface area contributed by atoms with Crippen LogP contribution in [0.3, 0.4) is 0 Å². The summed E-state index contributed by atoms with van der Waals surface area (Å²) in [5, 5.41) is 4.90. The molecule has 5 heteroatoms. The summed E-state index contributed by atoms with van der Waals surface area (Å²) in [6, 6.07) is 12.6. The maximum atomic E-state index is 6.52. The number of anilines is 1. The fourth-order valence-corrected chi connectivity index (χ4v) is 13.9. The highest BCUT2D eigenvalue weighted by Gasteiger charge is 2.46. The molecule has 1 aliphatic heterocycles. The van der Waals surface area contributed by atoms with Crippen molar-refractivity contribution in [2.45, 2.75) is 26.2 Å². The smallest absolute Gasteiger partial charge is 0.206 e. The Morgan fingerprint density at radius 2 is 1.50 bits per heavy atom. The second-order valence-electron chi connectivity index (χ2n) is 7.08. The van der Waals surface area contributed by atoms with E-state index >= 15 is 0 Å². The van der Waals surface area contributed by atoms with Crippen molar-refractivity contribution >= 4 is 54.5 Å². The van der Waals surface area contributed by atoms with Crippen molar-refractivity contribution in [2.75, 3.05) is 5.73 Å². The van der Waals surface area contributed by atoms with E-state index in [1.54, 1.807) is 0 Å². The van der Waals surface area contributed by atoms with Gasteiger partial charge in [-0.1, -0.05) is 18.2 Å². The third kappa shape index (κ3) is 1.79. The van der Waals surface area contributed by atoms with Crippen molar-refractivity contribution in [2.24, 2.45) is 0 Å². The van der Waals surface area contributed by atoms with Crippen molar-refractivity contribution in [3.63, 3.8) is 0 Å². The molecule has 0 bridgehead atoms. The molecule has 0 fully saturated rings. The monoisotopic (exact) mass is 324 g/mol. The SMILES string of the molecule is C[Si]1(C)O[Si](C)(C)c2cc3c(N)c4ccccc4nc3cc21. The number of hydrogen-bond donors (Lipinski definition) is 1. The van der Waals surface area contributed by atoms with Crippen LogP contribution in [0.15, 0.2) is 36.4 Å². The Balaban J connectivity index is 2.15. The maximum Gasteiger partial charge on any atom is 0.206 e. The van der Waals surface area contributed by atoms with Crippen LogP contribution in [0.1, 0.15) is 0 Å². The number of benzene rings is 2. The lowest BCUT2D eigenvalue weighted by Crippen LogP contribution is -2.44. The molecule has 2 heterocycles. The molecule has 2 N–H and O–H groups in total. The summed E-state index contributed by atoms with van der Waals surface area (Å²) in [5.74, 6) is 0. The highest BCUT2D eigenvalue weighted by atomic mass is 28.4. The minimum absolute atomic E-state index is 0.833. The molecule has 1 aliphatic rings. The summed E-state index contributed by atoms with van der Waals surface area (Å²) in [6.45, 7) is 9.13. The van der Waals surface area contributed by atoms with Crippen LogP contribution < -0.4 is 16.1 Å². The molecule has 4 rings (SSSR count). The Morgan fingerprint density at radius 3 is 2.23 bits per heavy atom. The Bertz CT molecular complexity index is 935. The first-order valence-corrected chi connectivity index (χ1v) is 13.4. The molecule has 1 aromatic heterocycles. The lowest BCUT2D eigenvalue weighted by atomic mass is 10.1. The number of aromatic nitrogens is 1. The predicted octanol–water partition coefficient (Wildman–Crippen LogP) is 2.82. The van der Waals surface area contributed by atoms with Gasteiger partial charge in [-0.05, 0) is 54.8 Å². The minimum atomic E-state index is -1.83. The normalized spacial score (nSPS) is 18.7. The van der Waals surface area contributed by atoms with Crippen LogP contribution in [0, 0.1) is 0 Å². The summed E-state index contributed by atoms with van der Waals surface area (Å²) in [6.07, 6.45) is 0. The maximum absolute atomic E-state index is 6.52. The fraction of sp³-hybridized carbons (Fsp3) is 0.235. The Kier molecular flexibility index (Phi) is 2.65. The van der Waals surface area contributed by atoms with Crippen LogP contribution in [0.4, 0.5) is 5.69 Å². The topological polar surface area (TPSA) is 48.1 Å². The number of hydrogen-bond acceptors (Lipinski definition) is 3. The van der Waals surface area contributed by atoms with E-state index in [1.165, 1.54) is 10.4 Å². The van der Waals surface area contributed by atoms with E-state index in [1.807, 2.05) is 24.3 Å². The van der Waals surface area contributed by atoms with Gasteiger partial charge in [-0.25, -0.2) is 4.98 Å². The van der Waals surface area contributed by atoms with Gasteiger partial charge in [0.1, 0.15) is 0 Å². The molecule has 0 saturated heterocycles. The minimum Gasteiger partial charge on any atom is -0.449 e. The third-order valence-electron chi connectivity index (χ3n) is 4.67. The number of nitrogens with two attached hydrogens (primary N) is 1. The zero-order valence-electron chi connectivity index (χ0n) is 13.4. The first-order valence-electron chi connectivity index (χ1n) is 7.63. The molecule has 3 aromatic rings. The first kappa shape index (κ1) is 13.9. The molecule has 22 heavy (non-hydrogen) atoms. The standard InChI is InChI=1S/C17H20N2OSi2/c1-21(2)15-9-12-14(10-16(15)22(3,4)20-21)19-13-8-6-5-7-11(13)17(12)18/h5-10H,1-4H3,(H2,18,19). The van der Waals surface area contributed by atoms with Gasteiger partial charge in [0.05, 0.1) is 16.7 Å². The van der Waals surface area contributed by atoms with Crippen molar-refractivity contribution in [1.29, 1.82) is 0 Å². The lowest BCUT2D eigenvalue weighted by molar-refractivity contribution is 0.583. The molecule has 0 spiro atoms. The number of fused-ring (bicyclic) bond motifs is 3. The van der Waals surface area contributed by atoms with Gasteiger partial charge in [0, 0.05) is 10.8 Å². The van der Waals surface area contributed by atoms with Crippen LogP contribution in [0.2, 0.25) is 26.2 Å². The second-order valence-corrected chi connectivity index (χ2v) is 15.0. The molecular weight excluding hydrogens is 304 g/mol. The van der Waals surface area contributed by atoms with Gasteiger partial charge in [0.15, 0.2) is 0 Å². The summed E-state index contributed by atoms with van der Waals surface area (Å²) >= 11 is 0. The molecular formula is C17H20N2OSi2. The molecule has 0 unspecified atom stereocenters. The van der Waals surface area contributed by atoms with Gasteiger partial charge >= 0.3 is 0 Å². The Hall–Kier alpha value is -1.70. The first-order chi connectivity index (χ1) is 10.3. The van der Waals surface area contributed by atoms with Crippen LogP contribution in [-0.2, 0) is 4.12 Å². The third-order valence-corrected chi connectivity index (χ3v) is 12.4. The van der Waals surface area contributed by atoms with Gasteiger partial charge in [0.25, 0.3) is 0 Å². The van der Waals surface area contributed by atoms with Crippen molar-refractivity contribution in [3.8, 4) is 0 Å². The summed E-state index contributed by atoms with van der Waals surface area (Å²) < 4.78 is 6.52. The zero-order chi connectivity index (χ0) is 15.7. The van der Waals surface area contributed by atoms with Crippen molar-refractivity contribution in [3.05, 3.63) is 36.4 Å². The summed E-state index contributed by atoms with van der Waals surface area (Å²) in [5.41, 5.74) is 9.24. The summed E-state index contributed by atoms with van der Waals surface area (Å²) in [4.78, 5) is 4.83. The molecule has 0 atom stereocenters. The highest BCUT2D eigenvalue weighted by Crippen LogP contribution is 2.30. The van der Waals surface area contributed by atoms with Gasteiger partial charge in [-0.3, -0.25) is 0 Å². The fourth-order valence-electron chi connectivity index (χ4n) is 3.71. The number of rotatable bonds is 0. The Morgan fingerprint density at radius 1 is 0.864 bits per heavy atom. The van der Waals surface area contributed by atoms with E-state index in [4.69, 9.17) is 14.8 Å². The predicted molar refractivity (Wildman–Crippen MR) is 99.0 cm³/mol. The summed E-state index contributed by atoms with van der Waals surface area (Å²) in [7, 11) is -3.64. The van der Waals surface area contributed by atoms with Crippen LogP contribution >= 0.6 is 0 Å². The van der Waals surface area contributed by atoms with E-state index in [2.05, 4.69) is 38.3 Å². The van der Waals surface area contributed by atoms with Crippen molar-refractivity contribution in [1.82, 2.24) is 4.98 Å². The average molecular weight is 325 g/mol. The molecule has 112 valence electrons. The number of para-hydroxylation sites is 1. The zero-order valence-corrected chi connectivity index (χ0v) is 15.4. The van der Waals surface area contributed by atoms with E-state index in [9.17, 15) is 0 Å². The lowest BCUT2D eigenvalue weighted by Gasteiger charge is -2.22. The number of nitrogens with zero attached hydrogens (tertiary/aromatic N) is 1. The number of pyridine rings is 1. The molecule has 0 saturated carbocycles. The molecule has 0 radical (unpaired) electrons. The van der Waals surface area contributed by atoms with E-state index in [0.29, 0.717) is 0 Å². The molecule has 0 aliphatic carbocycles. The van der Waals surface area contributed by atoms with Gasteiger partial charge < -0.3 is 9.85 Å². The van der Waals surface area contributed by atoms with Crippen LogP contribution in [0.5, 0.6) is 0 Å². The van der Waals surface area contributed by atoms with E-state index in [-0.39, 0.29) is 0 Å². The van der Waals surface area contributed by atoms with Crippen LogP contribution in [-0.4, -0.2) is 21.6 Å². The van der Waals surface area contributed by atoms with E-state index < -0.39 is 16.6 Å². The quantitative estimate of drug-likeness (QED) is 0.511. The molecule has 2 aromatic carbocycles. The molecule has 0 amide bonds. The molecule has 3 nitrogen and oxygen atoms in total. The van der Waals surface area contributed by atoms with Crippen molar-refractivity contribution < 1.29 is 4.12 Å². The van der Waals surface area contributed by atoms with Crippen LogP contribution in [0.25, 0.3) is 21.8 Å². The average Bonchev–Trinajstić information content (AvgIpc) is 2.63. The van der Waals surface area contributed by atoms with Gasteiger partial charge in [0.2, 0.25) is 16.6 Å². The van der Waals surface area contributed by atoms with Gasteiger partial charge in [-0.15, -0.1) is 0 Å². The largest absolute Gasteiger partial charge is 0.449 e. The second kappa shape index (κ2) is 4.19.